The number of hydrogen-bond acceptors (Lipinski definition) is 4. The molecule has 3 amide bonds. The Morgan fingerprint density at radius 2 is 1.70 bits per heavy atom. The molecule has 1 unspecified atom stereocenters. The standard InChI is InChI=1S/C20H38N4O3/c1-20(2,3)27-19(26)24-15-6-4-10-17(24)16-22-18(25)21-11-5-7-12-23-13-8-9-14-23/h17H,4-16H2,1-3H3,(H2,21,22,25). The molecule has 0 aromatic carbocycles. The summed E-state index contributed by atoms with van der Waals surface area (Å²) in [5, 5.41) is 5.85. The number of carbonyl (C=O) groups excluding carboxylic acids is 2. The van der Waals surface area contributed by atoms with Crippen molar-refractivity contribution in [3.63, 3.8) is 0 Å². The maximum Gasteiger partial charge on any atom is 0.410 e. The molecule has 27 heavy (non-hydrogen) atoms. The lowest BCUT2D eigenvalue weighted by atomic mass is 10.0. The minimum atomic E-state index is -0.501. The molecule has 2 fully saturated rings. The zero-order valence-corrected chi connectivity index (χ0v) is 17.4. The molecule has 2 N–H and O–H groups in total. The Hall–Kier alpha value is -1.50. The maximum absolute atomic E-state index is 12.4. The van der Waals surface area contributed by atoms with Gasteiger partial charge in [-0.2, -0.15) is 0 Å². The van der Waals surface area contributed by atoms with Gasteiger partial charge in [-0.15, -0.1) is 0 Å². The van der Waals surface area contributed by atoms with Crippen LogP contribution in [0.1, 0.15) is 65.7 Å². The van der Waals surface area contributed by atoms with Gasteiger partial charge in [-0.3, -0.25) is 0 Å². The number of likely N-dealkylation sites (tertiary alicyclic amines) is 2. The van der Waals surface area contributed by atoms with Gasteiger partial charge in [-0.25, -0.2) is 9.59 Å². The van der Waals surface area contributed by atoms with Crippen LogP contribution in [0.15, 0.2) is 0 Å². The van der Waals surface area contributed by atoms with Crippen LogP contribution in [0, 0.1) is 0 Å². The number of amides is 3. The van der Waals surface area contributed by atoms with E-state index in [-0.39, 0.29) is 18.2 Å². The second-order valence-corrected chi connectivity index (χ2v) is 8.72. The first kappa shape index (κ1) is 21.8. The van der Waals surface area contributed by atoms with Gasteiger partial charge in [0, 0.05) is 19.6 Å². The van der Waals surface area contributed by atoms with E-state index >= 15 is 0 Å². The first-order valence-electron chi connectivity index (χ1n) is 10.6. The average Bonchev–Trinajstić information content (AvgIpc) is 3.12. The second kappa shape index (κ2) is 10.7. The highest BCUT2D eigenvalue weighted by atomic mass is 16.6. The molecule has 0 aromatic rings. The lowest BCUT2D eigenvalue weighted by Gasteiger charge is -2.36. The molecule has 2 saturated heterocycles. The summed E-state index contributed by atoms with van der Waals surface area (Å²) in [6.07, 6.45) is 7.44. The molecule has 7 nitrogen and oxygen atoms in total. The Morgan fingerprint density at radius 1 is 1.00 bits per heavy atom. The molecule has 0 bridgehead atoms. The van der Waals surface area contributed by atoms with E-state index in [1.807, 2.05) is 20.8 Å². The first-order valence-corrected chi connectivity index (χ1v) is 10.6. The van der Waals surface area contributed by atoms with Gasteiger partial charge in [0.05, 0.1) is 6.04 Å². The van der Waals surface area contributed by atoms with Gasteiger partial charge in [0.2, 0.25) is 0 Å². The lowest BCUT2D eigenvalue weighted by Crippen LogP contribution is -2.52. The summed E-state index contributed by atoms with van der Waals surface area (Å²) >= 11 is 0. The predicted octanol–water partition coefficient (Wildman–Crippen LogP) is 2.95. The molecule has 0 saturated carbocycles. The van der Waals surface area contributed by atoms with Crippen LogP contribution in [0.4, 0.5) is 9.59 Å². The molecule has 0 aliphatic carbocycles. The summed E-state index contributed by atoms with van der Waals surface area (Å²) in [4.78, 5) is 28.7. The number of piperidine rings is 1. The maximum atomic E-state index is 12.4. The smallest absolute Gasteiger partial charge is 0.410 e. The summed E-state index contributed by atoms with van der Waals surface area (Å²) < 4.78 is 5.50. The van der Waals surface area contributed by atoms with E-state index in [1.54, 1.807) is 4.90 Å². The lowest BCUT2D eigenvalue weighted by molar-refractivity contribution is 0.0102. The summed E-state index contributed by atoms with van der Waals surface area (Å²) in [7, 11) is 0. The SMILES string of the molecule is CC(C)(C)OC(=O)N1CCCCC1CNC(=O)NCCCCN1CCCC1. The Morgan fingerprint density at radius 3 is 2.41 bits per heavy atom. The van der Waals surface area contributed by atoms with E-state index in [1.165, 1.54) is 25.9 Å². The molecule has 0 aromatic heterocycles. The molecule has 2 rings (SSSR count). The Bertz CT molecular complexity index is 472. The number of unbranched alkanes of at least 4 members (excludes halogenated alkanes) is 1. The van der Waals surface area contributed by atoms with Crippen molar-refractivity contribution in [3.8, 4) is 0 Å². The van der Waals surface area contributed by atoms with Gasteiger partial charge in [0.25, 0.3) is 0 Å². The molecule has 7 heteroatoms. The topological polar surface area (TPSA) is 73.9 Å². The van der Waals surface area contributed by atoms with Crippen LogP contribution >= 0.6 is 0 Å². The van der Waals surface area contributed by atoms with Crippen molar-refractivity contribution in [2.75, 3.05) is 39.3 Å². The third-order valence-corrected chi connectivity index (χ3v) is 5.14. The zero-order chi connectivity index (χ0) is 19.7. The highest BCUT2D eigenvalue weighted by Crippen LogP contribution is 2.20. The number of hydrogen-bond donors (Lipinski definition) is 2. The van der Waals surface area contributed by atoms with Crippen molar-refractivity contribution in [3.05, 3.63) is 0 Å². The van der Waals surface area contributed by atoms with E-state index in [0.717, 1.165) is 38.6 Å². The number of rotatable bonds is 7. The van der Waals surface area contributed by atoms with E-state index in [4.69, 9.17) is 4.74 Å². The molecule has 2 aliphatic heterocycles. The van der Waals surface area contributed by atoms with E-state index in [9.17, 15) is 9.59 Å². The van der Waals surface area contributed by atoms with Crippen LogP contribution in [-0.2, 0) is 4.74 Å². The Labute approximate surface area is 164 Å². The van der Waals surface area contributed by atoms with E-state index in [0.29, 0.717) is 19.6 Å². The fourth-order valence-corrected chi connectivity index (χ4v) is 3.72. The molecule has 2 aliphatic rings. The van der Waals surface area contributed by atoms with Crippen molar-refractivity contribution in [1.82, 2.24) is 20.4 Å². The zero-order valence-electron chi connectivity index (χ0n) is 17.4. The molecule has 2 heterocycles. The van der Waals surface area contributed by atoms with Gasteiger partial charge in [0.1, 0.15) is 5.60 Å². The van der Waals surface area contributed by atoms with Crippen molar-refractivity contribution in [1.29, 1.82) is 0 Å². The monoisotopic (exact) mass is 382 g/mol. The molecule has 156 valence electrons. The van der Waals surface area contributed by atoms with Gasteiger partial charge in [0.15, 0.2) is 0 Å². The molecular weight excluding hydrogens is 344 g/mol. The van der Waals surface area contributed by atoms with E-state index in [2.05, 4.69) is 15.5 Å². The fraction of sp³-hybridized carbons (Fsp3) is 0.900. The van der Waals surface area contributed by atoms with Gasteiger partial charge in [-0.1, -0.05) is 0 Å². The predicted molar refractivity (Wildman–Crippen MR) is 107 cm³/mol. The summed E-state index contributed by atoms with van der Waals surface area (Å²) in [6.45, 7) is 11.1. The highest BCUT2D eigenvalue weighted by Gasteiger charge is 2.30. The van der Waals surface area contributed by atoms with Crippen LogP contribution in [-0.4, -0.2) is 72.8 Å². The summed E-state index contributed by atoms with van der Waals surface area (Å²) in [5.41, 5.74) is -0.501. The summed E-state index contributed by atoms with van der Waals surface area (Å²) in [5.74, 6) is 0. The normalized spacial score (nSPS) is 21.1. The Balaban J connectivity index is 1.62. The minimum absolute atomic E-state index is 0.00881. The van der Waals surface area contributed by atoms with Crippen molar-refractivity contribution >= 4 is 12.1 Å². The number of nitrogens with zero attached hydrogens (tertiary/aromatic N) is 2. The van der Waals surface area contributed by atoms with Crippen LogP contribution < -0.4 is 10.6 Å². The van der Waals surface area contributed by atoms with Gasteiger partial charge < -0.3 is 25.2 Å². The number of carbonyl (C=O) groups is 2. The van der Waals surface area contributed by atoms with Gasteiger partial charge in [-0.05, 0) is 85.4 Å². The molecule has 0 radical (unpaired) electrons. The van der Waals surface area contributed by atoms with Gasteiger partial charge >= 0.3 is 12.1 Å². The molecular formula is C20H38N4O3. The number of urea groups is 1. The fourth-order valence-electron chi connectivity index (χ4n) is 3.72. The van der Waals surface area contributed by atoms with Crippen molar-refractivity contribution in [2.45, 2.75) is 77.4 Å². The highest BCUT2D eigenvalue weighted by molar-refractivity contribution is 5.74. The van der Waals surface area contributed by atoms with Crippen LogP contribution in [0.25, 0.3) is 0 Å². The first-order chi connectivity index (χ1) is 12.8. The van der Waals surface area contributed by atoms with E-state index < -0.39 is 5.60 Å². The molecule has 0 spiro atoms. The summed E-state index contributed by atoms with van der Waals surface area (Å²) in [6, 6.07) is -0.139. The van der Waals surface area contributed by atoms with Crippen LogP contribution in [0.2, 0.25) is 0 Å². The third kappa shape index (κ3) is 8.37. The van der Waals surface area contributed by atoms with Crippen LogP contribution in [0.5, 0.6) is 0 Å². The quantitative estimate of drug-likeness (QED) is 0.664. The third-order valence-electron chi connectivity index (χ3n) is 5.14. The van der Waals surface area contributed by atoms with Crippen molar-refractivity contribution < 1.29 is 14.3 Å². The largest absolute Gasteiger partial charge is 0.444 e. The minimum Gasteiger partial charge on any atom is -0.444 e. The van der Waals surface area contributed by atoms with Crippen LogP contribution in [0.3, 0.4) is 0 Å². The molecule has 1 atom stereocenters. The Kier molecular flexibility index (Phi) is 8.67. The van der Waals surface area contributed by atoms with Crippen molar-refractivity contribution in [2.24, 2.45) is 0 Å². The number of ether oxygens (including phenoxy) is 1. The second-order valence-electron chi connectivity index (χ2n) is 8.72. The number of nitrogens with one attached hydrogen (secondary N) is 2. The average molecular weight is 383 g/mol.